The number of rotatable bonds is 14. The molecule has 1 unspecified atom stereocenters. The first-order valence-electron chi connectivity index (χ1n) is 12.9. The molecule has 0 bridgehead atoms. The number of hydrogen-bond acceptors (Lipinski definition) is 7. The number of unbranched alkanes of at least 4 members (excludes halogenated alkanes) is 7. The first-order chi connectivity index (χ1) is 17.7. The van der Waals surface area contributed by atoms with Gasteiger partial charge >= 0.3 is 5.63 Å². The quantitative estimate of drug-likeness (QED) is 0.174. The lowest BCUT2D eigenvalue weighted by Gasteiger charge is -2.17. The second kappa shape index (κ2) is 13.3. The Labute approximate surface area is 217 Å². The maximum atomic E-state index is 12.8. The molecule has 1 aromatic heterocycles. The van der Waals surface area contributed by atoms with E-state index in [1.807, 2.05) is 53.9 Å². The highest BCUT2D eigenvalue weighted by Crippen LogP contribution is 2.31. The number of methoxy groups -OCH3 is 1. The van der Waals surface area contributed by atoms with E-state index in [1.54, 1.807) is 18.9 Å². The number of para-hydroxylation sites is 2. The minimum absolute atomic E-state index is 0.126. The lowest BCUT2D eigenvalue weighted by Crippen LogP contribution is -2.29. The van der Waals surface area contributed by atoms with E-state index in [2.05, 4.69) is 17.6 Å². The summed E-state index contributed by atoms with van der Waals surface area (Å²) in [6.07, 6.45) is 10.1. The minimum atomic E-state index is -0.375. The number of benzene rings is 2. The molecule has 6 nitrogen and oxygen atoms in total. The summed E-state index contributed by atoms with van der Waals surface area (Å²) in [6, 6.07) is 15.3. The van der Waals surface area contributed by atoms with Crippen molar-refractivity contribution in [2.75, 3.05) is 19.0 Å². The summed E-state index contributed by atoms with van der Waals surface area (Å²) in [4.78, 5) is 12.8. The molecule has 0 saturated heterocycles. The Morgan fingerprint density at radius 3 is 2.58 bits per heavy atom. The van der Waals surface area contributed by atoms with Crippen molar-refractivity contribution >= 4 is 34.1 Å². The predicted molar refractivity (Wildman–Crippen MR) is 150 cm³/mol. The van der Waals surface area contributed by atoms with Crippen LogP contribution in [0.3, 0.4) is 0 Å². The molecule has 3 aromatic rings. The molecule has 1 aliphatic heterocycles. The predicted octanol–water partition coefficient (Wildman–Crippen LogP) is 7.35. The fourth-order valence-corrected chi connectivity index (χ4v) is 5.11. The van der Waals surface area contributed by atoms with Gasteiger partial charge in [-0.1, -0.05) is 75.8 Å². The van der Waals surface area contributed by atoms with Crippen LogP contribution in [-0.4, -0.2) is 19.2 Å². The molecule has 2 aromatic carbocycles. The zero-order chi connectivity index (χ0) is 25.2. The molecule has 36 heavy (non-hydrogen) atoms. The van der Waals surface area contributed by atoms with E-state index in [0.717, 1.165) is 34.7 Å². The van der Waals surface area contributed by atoms with Crippen LogP contribution in [0.2, 0.25) is 0 Å². The van der Waals surface area contributed by atoms with Crippen LogP contribution in [-0.2, 0) is 0 Å². The van der Waals surface area contributed by atoms with Crippen molar-refractivity contribution in [2.24, 2.45) is 0 Å². The Bertz CT molecular complexity index is 1220. The summed E-state index contributed by atoms with van der Waals surface area (Å²) in [5, 5.41) is 9.54. The van der Waals surface area contributed by atoms with Gasteiger partial charge in [0.2, 0.25) is 0 Å². The number of nitrogens with one attached hydrogen (secondary N) is 2. The second-order valence-electron chi connectivity index (χ2n) is 9.01. The minimum Gasteiger partial charge on any atom is -0.495 e. The number of hydrogen-bond donors (Lipinski definition) is 2. The molecule has 1 atom stereocenters. The first-order valence-corrected chi connectivity index (χ1v) is 13.8. The van der Waals surface area contributed by atoms with Crippen LogP contribution in [0.5, 0.6) is 11.5 Å². The van der Waals surface area contributed by atoms with E-state index in [0.29, 0.717) is 17.8 Å². The van der Waals surface area contributed by atoms with E-state index in [1.165, 1.54) is 44.9 Å². The van der Waals surface area contributed by atoms with Crippen molar-refractivity contribution in [3.63, 3.8) is 0 Å². The van der Waals surface area contributed by atoms with Gasteiger partial charge in [0.05, 0.1) is 30.7 Å². The van der Waals surface area contributed by atoms with Crippen LogP contribution in [0.25, 0.3) is 16.7 Å². The van der Waals surface area contributed by atoms with Gasteiger partial charge in [0.15, 0.2) is 0 Å². The van der Waals surface area contributed by atoms with Gasteiger partial charge in [-0.15, -0.1) is 0 Å². The lowest BCUT2D eigenvalue weighted by atomic mass is 10.1. The molecule has 0 spiro atoms. The fourth-order valence-electron chi connectivity index (χ4n) is 4.26. The zero-order valence-corrected chi connectivity index (χ0v) is 22.0. The third-order valence-electron chi connectivity index (χ3n) is 6.27. The van der Waals surface area contributed by atoms with E-state index in [4.69, 9.17) is 13.9 Å². The normalized spacial score (nSPS) is 14.9. The average molecular weight is 509 g/mol. The summed E-state index contributed by atoms with van der Waals surface area (Å²) in [5.74, 6) is 1.50. The van der Waals surface area contributed by atoms with Crippen molar-refractivity contribution in [3.05, 3.63) is 69.9 Å². The maximum Gasteiger partial charge on any atom is 0.345 e. The summed E-state index contributed by atoms with van der Waals surface area (Å²) in [7, 11) is 1.65. The highest BCUT2D eigenvalue weighted by molar-refractivity contribution is 8.03. The molecule has 0 radical (unpaired) electrons. The van der Waals surface area contributed by atoms with Crippen LogP contribution in [0.1, 0.15) is 63.9 Å². The summed E-state index contributed by atoms with van der Waals surface area (Å²) < 4.78 is 17.0. The van der Waals surface area contributed by atoms with Crippen LogP contribution >= 0.6 is 11.8 Å². The molecular weight excluding hydrogens is 472 g/mol. The number of thioether (sulfide) groups is 1. The smallest absolute Gasteiger partial charge is 0.345 e. The van der Waals surface area contributed by atoms with Gasteiger partial charge in [-0.2, -0.15) is 0 Å². The zero-order valence-electron chi connectivity index (χ0n) is 21.2. The molecule has 7 heteroatoms. The molecule has 0 fully saturated rings. The third-order valence-corrected chi connectivity index (χ3v) is 7.15. The van der Waals surface area contributed by atoms with Gasteiger partial charge in [-0.25, -0.2) is 4.79 Å². The summed E-state index contributed by atoms with van der Waals surface area (Å²) in [6.45, 7) is 2.92. The molecule has 2 N–H and O–H groups in total. The highest BCUT2D eigenvalue weighted by Gasteiger charge is 2.21. The second-order valence-corrected chi connectivity index (χ2v) is 9.99. The largest absolute Gasteiger partial charge is 0.495 e. The van der Waals surface area contributed by atoms with Gasteiger partial charge in [0.1, 0.15) is 22.6 Å². The van der Waals surface area contributed by atoms with Gasteiger partial charge in [0, 0.05) is 11.5 Å². The van der Waals surface area contributed by atoms with Crippen molar-refractivity contribution in [2.45, 2.75) is 63.8 Å². The van der Waals surface area contributed by atoms with E-state index in [9.17, 15) is 4.79 Å². The Hall–Kier alpha value is -3.06. The van der Waals surface area contributed by atoms with Crippen LogP contribution < -0.4 is 25.7 Å². The Balaban J connectivity index is 1.30. The molecular formula is C29H36N2O4S. The highest BCUT2D eigenvalue weighted by atomic mass is 32.2. The van der Waals surface area contributed by atoms with E-state index < -0.39 is 0 Å². The molecule has 2 heterocycles. The van der Waals surface area contributed by atoms with Crippen molar-refractivity contribution in [3.8, 4) is 11.5 Å². The SMILES string of the molecule is CCCCCCCCCCOc1ccc2cc(C3=CSC(Nc4ccccc4OC)N3)c(=O)oc2c1. The van der Waals surface area contributed by atoms with Crippen LogP contribution in [0, 0.1) is 0 Å². The van der Waals surface area contributed by atoms with Gasteiger partial charge in [-0.05, 0) is 42.2 Å². The Kier molecular flexibility index (Phi) is 9.61. The topological polar surface area (TPSA) is 72.7 Å². The van der Waals surface area contributed by atoms with E-state index in [-0.39, 0.29) is 11.1 Å². The lowest BCUT2D eigenvalue weighted by molar-refractivity contribution is 0.304. The number of ether oxygens (including phenoxy) is 2. The molecule has 1 aliphatic rings. The Morgan fingerprint density at radius 1 is 1.00 bits per heavy atom. The van der Waals surface area contributed by atoms with E-state index >= 15 is 0 Å². The maximum absolute atomic E-state index is 12.8. The van der Waals surface area contributed by atoms with Crippen molar-refractivity contribution in [1.29, 1.82) is 0 Å². The van der Waals surface area contributed by atoms with Crippen molar-refractivity contribution in [1.82, 2.24) is 5.32 Å². The monoisotopic (exact) mass is 508 g/mol. The molecule has 4 rings (SSSR count). The van der Waals surface area contributed by atoms with Crippen molar-refractivity contribution < 1.29 is 13.9 Å². The molecule has 0 aliphatic carbocycles. The summed E-state index contributed by atoms with van der Waals surface area (Å²) >= 11 is 1.55. The van der Waals surface area contributed by atoms with Crippen LogP contribution in [0.15, 0.2) is 63.2 Å². The van der Waals surface area contributed by atoms with Gasteiger partial charge in [0.25, 0.3) is 0 Å². The first kappa shape index (κ1) is 26.0. The van der Waals surface area contributed by atoms with Gasteiger partial charge in [-0.3, -0.25) is 0 Å². The molecule has 192 valence electrons. The Morgan fingerprint density at radius 2 is 1.78 bits per heavy atom. The number of anilines is 1. The van der Waals surface area contributed by atoms with Crippen LogP contribution in [0.4, 0.5) is 5.69 Å². The molecule has 0 saturated carbocycles. The van der Waals surface area contributed by atoms with Gasteiger partial charge < -0.3 is 24.5 Å². The summed E-state index contributed by atoms with van der Waals surface area (Å²) in [5.41, 5.74) is 2.15. The fraction of sp³-hybridized carbons (Fsp3) is 0.414. The standard InChI is InChI=1S/C29H36N2O4S/c1-3-4-5-6-7-8-9-12-17-34-22-16-15-21-18-23(28(32)35-27(21)19-22)25-20-36-29(31-25)30-24-13-10-11-14-26(24)33-2/h10-11,13-16,18-20,29-31H,3-9,12,17H2,1-2H3. The third kappa shape index (κ3) is 7.00. The average Bonchev–Trinajstić information content (AvgIpc) is 3.35. The number of fused-ring (bicyclic) bond motifs is 1. The molecule has 0 amide bonds.